The van der Waals surface area contributed by atoms with Gasteiger partial charge in [-0.3, -0.25) is 38.8 Å². The first-order valence-electron chi connectivity index (χ1n) is 9.40. The first-order chi connectivity index (χ1) is 14.0. The highest BCUT2D eigenvalue weighted by molar-refractivity contribution is 5.77. The number of amides is 1. The Morgan fingerprint density at radius 3 is 1.52 bits per heavy atom. The summed E-state index contributed by atoms with van der Waals surface area (Å²) in [6.45, 7) is 5.15. The van der Waals surface area contributed by atoms with E-state index in [0.29, 0.717) is 65.3 Å². The number of carbonyl (C=O) groups excluding carboxylic acids is 3. The average Bonchev–Trinajstić information content (AvgIpc) is 2.70. The van der Waals surface area contributed by atoms with Crippen LogP contribution in [-0.2, 0) is 28.7 Å². The summed E-state index contributed by atoms with van der Waals surface area (Å²) in [5, 5.41) is 11.8. The predicted octanol–water partition coefficient (Wildman–Crippen LogP) is -2.70. The third-order valence-corrected chi connectivity index (χ3v) is 4.59. The van der Waals surface area contributed by atoms with Gasteiger partial charge in [0, 0.05) is 59.4 Å². The molecular formula is C17H31N5O7. The minimum atomic E-state index is -0.928. The monoisotopic (exact) mass is 417 g/mol. The molecule has 1 aliphatic heterocycles. The molecule has 0 radical (unpaired) electrons. The molecule has 0 aromatic heterocycles. The van der Waals surface area contributed by atoms with E-state index in [-0.39, 0.29) is 32.5 Å². The third kappa shape index (κ3) is 11.3. The summed E-state index contributed by atoms with van der Waals surface area (Å²) in [6, 6.07) is 0. The highest BCUT2D eigenvalue weighted by Crippen LogP contribution is 2.01. The van der Waals surface area contributed by atoms with Crippen molar-refractivity contribution < 1.29 is 33.8 Å². The van der Waals surface area contributed by atoms with Crippen LogP contribution in [0.25, 0.3) is 0 Å². The van der Waals surface area contributed by atoms with Crippen LogP contribution < -0.4 is 5.32 Å². The van der Waals surface area contributed by atoms with Crippen LogP contribution in [-0.4, -0.2) is 135 Å². The number of hydrogen-bond donors (Lipinski definition) is 2. The molecule has 0 aromatic carbocycles. The van der Waals surface area contributed by atoms with E-state index in [4.69, 9.17) is 9.47 Å². The molecule has 1 fully saturated rings. The Hall–Kier alpha value is -2.28. The topological polar surface area (TPSA) is 132 Å². The Bertz CT molecular complexity index is 522. The normalized spacial score (nSPS) is 18.8. The molecule has 1 saturated heterocycles. The fraction of sp³-hybridized carbons (Fsp3) is 0.765. The summed E-state index contributed by atoms with van der Waals surface area (Å²) < 4.78 is 9.74. The van der Waals surface area contributed by atoms with Crippen molar-refractivity contribution in [2.75, 3.05) is 86.0 Å². The second-order valence-electron chi connectivity index (χ2n) is 6.64. The van der Waals surface area contributed by atoms with E-state index in [2.05, 4.69) is 5.32 Å². The van der Waals surface area contributed by atoms with Gasteiger partial charge in [0.05, 0.1) is 13.1 Å². The largest absolute Gasteiger partial charge is 0.480 e. The first kappa shape index (κ1) is 24.8. The van der Waals surface area contributed by atoms with Crippen molar-refractivity contribution in [2.24, 2.45) is 0 Å². The standard InChI is InChI=1S/C17H31N5O7/c1-18-16(25)10-19-2-3-20(11-17(26)27)5-7-22(13-29-15-24)9-8-21(6-4-19)12-28-14-23/h14-15H,2-13H2,1H3,(H,18,25)(H,26,27). The van der Waals surface area contributed by atoms with Crippen molar-refractivity contribution in [3.05, 3.63) is 0 Å². The van der Waals surface area contributed by atoms with Gasteiger partial charge in [-0.15, -0.1) is 0 Å². The molecule has 12 nitrogen and oxygen atoms in total. The minimum Gasteiger partial charge on any atom is -0.480 e. The third-order valence-electron chi connectivity index (χ3n) is 4.59. The van der Waals surface area contributed by atoms with Gasteiger partial charge in [-0.05, 0) is 0 Å². The number of carbonyl (C=O) groups is 4. The molecule has 29 heavy (non-hydrogen) atoms. The van der Waals surface area contributed by atoms with Gasteiger partial charge in [0.25, 0.3) is 12.9 Å². The number of nitrogens with zero attached hydrogens (tertiary/aromatic N) is 4. The van der Waals surface area contributed by atoms with E-state index in [0.717, 1.165) is 0 Å². The van der Waals surface area contributed by atoms with Crippen LogP contribution in [0.1, 0.15) is 0 Å². The molecule has 166 valence electrons. The molecular weight excluding hydrogens is 386 g/mol. The van der Waals surface area contributed by atoms with Crippen molar-refractivity contribution in [1.29, 1.82) is 0 Å². The van der Waals surface area contributed by atoms with Crippen molar-refractivity contribution in [3.8, 4) is 0 Å². The van der Waals surface area contributed by atoms with Crippen LogP contribution in [0.3, 0.4) is 0 Å². The Kier molecular flexibility index (Phi) is 12.5. The lowest BCUT2D eigenvalue weighted by Gasteiger charge is -2.32. The van der Waals surface area contributed by atoms with E-state index in [9.17, 15) is 24.3 Å². The van der Waals surface area contributed by atoms with E-state index < -0.39 is 5.97 Å². The average molecular weight is 417 g/mol. The fourth-order valence-electron chi connectivity index (χ4n) is 2.90. The molecule has 1 aliphatic rings. The maximum absolute atomic E-state index is 11.8. The number of nitrogens with one attached hydrogen (secondary N) is 1. The zero-order valence-electron chi connectivity index (χ0n) is 16.8. The van der Waals surface area contributed by atoms with Gasteiger partial charge in [0.2, 0.25) is 5.91 Å². The van der Waals surface area contributed by atoms with Crippen LogP contribution in [0, 0.1) is 0 Å². The molecule has 0 spiro atoms. The number of hydrogen-bond acceptors (Lipinski definition) is 10. The lowest BCUT2D eigenvalue weighted by molar-refractivity contribution is -0.139. The van der Waals surface area contributed by atoms with Gasteiger partial charge in [-0.1, -0.05) is 0 Å². The summed E-state index contributed by atoms with van der Waals surface area (Å²) in [6.07, 6.45) is 0. The number of carboxylic acids is 1. The number of rotatable bonds is 10. The lowest BCUT2D eigenvalue weighted by atomic mass is 10.3. The number of ether oxygens (including phenoxy) is 2. The van der Waals surface area contributed by atoms with Crippen molar-refractivity contribution in [3.63, 3.8) is 0 Å². The van der Waals surface area contributed by atoms with Crippen molar-refractivity contribution in [2.45, 2.75) is 0 Å². The molecule has 1 heterocycles. The number of aliphatic carboxylic acids is 1. The molecule has 0 atom stereocenters. The molecule has 1 amide bonds. The molecule has 12 heteroatoms. The SMILES string of the molecule is CNC(=O)CN1CCN(COC=O)CCN(COC=O)CCN(CC(=O)O)CC1. The smallest absolute Gasteiger partial charge is 0.317 e. The minimum absolute atomic E-state index is 0.0928. The Morgan fingerprint density at radius 1 is 0.793 bits per heavy atom. The molecule has 0 bridgehead atoms. The van der Waals surface area contributed by atoms with Gasteiger partial charge >= 0.3 is 5.97 Å². The fourth-order valence-corrected chi connectivity index (χ4v) is 2.90. The first-order valence-corrected chi connectivity index (χ1v) is 9.40. The van der Waals surface area contributed by atoms with E-state index in [1.54, 1.807) is 11.9 Å². The molecule has 1 rings (SSSR count). The summed E-state index contributed by atoms with van der Waals surface area (Å²) in [7, 11) is 1.57. The number of carboxylic acid groups (broad SMARTS) is 1. The van der Waals surface area contributed by atoms with Gasteiger partial charge in [-0.2, -0.15) is 0 Å². The summed E-state index contributed by atoms with van der Waals surface area (Å²) >= 11 is 0. The van der Waals surface area contributed by atoms with E-state index >= 15 is 0 Å². The number of likely N-dealkylation sites (N-methyl/N-ethyl adjacent to an activating group) is 1. The second-order valence-corrected chi connectivity index (χ2v) is 6.64. The summed E-state index contributed by atoms with van der Waals surface area (Å²) in [5.41, 5.74) is 0. The van der Waals surface area contributed by atoms with E-state index in [1.165, 1.54) is 0 Å². The van der Waals surface area contributed by atoms with Gasteiger partial charge < -0.3 is 19.9 Å². The predicted molar refractivity (Wildman–Crippen MR) is 102 cm³/mol. The Morgan fingerprint density at radius 2 is 1.17 bits per heavy atom. The zero-order chi connectivity index (χ0) is 21.5. The van der Waals surface area contributed by atoms with Crippen LogP contribution in [0.15, 0.2) is 0 Å². The lowest BCUT2D eigenvalue weighted by Crippen LogP contribution is -2.49. The van der Waals surface area contributed by atoms with Gasteiger partial charge in [-0.25, -0.2) is 0 Å². The van der Waals surface area contributed by atoms with Crippen molar-refractivity contribution >= 4 is 24.8 Å². The van der Waals surface area contributed by atoms with Crippen molar-refractivity contribution in [1.82, 2.24) is 24.9 Å². The van der Waals surface area contributed by atoms with Gasteiger partial charge in [0.15, 0.2) is 0 Å². The Balaban J connectivity index is 2.86. The van der Waals surface area contributed by atoms with Crippen LogP contribution in [0.5, 0.6) is 0 Å². The zero-order valence-corrected chi connectivity index (χ0v) is 16.8. The van der Waals surface area contributed by atoms with Crippen LogP contribution in [0.4, 0.5) is 0 Å². The molecule has 0 aromatic rings. The maximum Gasteiger partial charge on any atom is 0.317 e. The highest BCUT2D eigenvalue weighted by Gasteiger charge is 2.19. The quantitative estimate of drug-likeness (QED) is 0.360. The van der Waals surface area contributed by atoms with Gasteiger partial charge in [0.1, 0.15) is 13.5 Å². The van der Waals surface area contributed by atoms with E-state index in [1.807, 2.05) is 14.7 Å². The maximum atomic E-state index is 11.8. The Labute approximate surface area is 170 Å². The molecule has 0 saturated carbocycles. The van der Waals surface area contributed by atoms with Crippen LogP contribution >= 0.6 is 0 Å². The summed E-state index contributed by atoms with van der Waals surface area (Å²) in [4.78, 5) is 51.7. The molecule has 0 aliphatic carbocycles. The highest BCUT2D eigenvalue weighted by atomic mass is 16.5. The molecule has 0 unspecified atom stereocenters. The second kappa shape index (κ2) is 14.7. The van der Waals surface area contributed by atoms with Crippen LogP contribution in [0.2, 0.25) is 0 Å². The molecule has 2 N–H and O–H groups in total. The summed E-state index contributed by atoms with van der Waals surface area (Å²) in [5.74, 6) is -1.06.